The first-order valence-electron chi connectivity index (χ1n) is 5.32. The number of nitrogens with zero attached hydrogens (tertiary/aromatic N) is 2. The molecule has 3 atom stereocenters. The van der Waals surface area contributed by atoms with Gasteiger partial charge in [0.15, 0.2) is 11.3 Å². The Hall–Kier alpha value is -1.15. The van der Waals surface area contributed by atoms with E-state index in [9.17, 15) is 9.90 Å². The summed E-state index contributed by atoms with van der Waals surface area (Å²) in [5.41, 5.74) is 3.33. The fraction of sp³-hybridized carbons (Fsp3) is 0.600. The number of aromatic nitrogens is 2. The zero-order valence-corrected chi connectivity index (χ0v) is 10.5. The molecule has 100 valence electrons. The Balaban J connectivity index is 2.42. The predicted octanol–water partition coefficient (Wildman–Crippen LogP) is -0.577. The maximum absolute atomic E-state index is 11.7. The largest absolute Gasteiger partial charge is 0.392 e. The maximum atomic E-state index is 11.7. The van der Waals surface area contributed by atoms with Crippen LogP contribution < -0.4 is 11.4 Å². The van der Waals surface area contributed by atoms with Crippen LogP contribution in [-0.4, -0.2) is 37.0 Å². The molecule has 1 aliphatic rings. The Labute approximate surface area is 108 Å². The van der Waals surface area contributed by atoms with Gasteiger partial charge in [0.25, 0.3) is 0 Å². The average molecular weight is 276 g/mol. The van der Waals surface area contributed by atoms with Crippen molar-refractivity contribution in [3.8, 4) is 0 Å². The van der Waals surface area contributed by atoms with Crippen molar-refractivity contribution in [2.75, 3.05) is 12.3 Å². The van der Waals surface area contributed by atoms with E-state index in [1.807, 2.05) is 0 Å². The molecule has 2 heterocycles. The zero-order chi connectivity index (χ0) is 13.6. The molecule has 1 aromatic rings. The molecule has 0 bridgehead atoms. The molecule has 0 spiro atoms. The lowest BCUT2D eigenvalue weighted by Crippen LogP contribution is -2.38. The Morgan fingerprint density at radius 2 is 2.44 bits per heavy atom. The summed E-state index contributed by atoms with van der Waals surface area (Å²) in [4.78, 5) is 15.2. The Kier molecular flexibility index (Phi) is 3.10. The number of aliphatic hydroxyl groups is 2. The van der Waals surface area contributed by atoms with Crippen LogP contribution in [0.4, 0.5) is 5.82 Å². The number of anilines is 1. The van der Waals surface area contributed by atoms with Crippen molar-refractivity contribution in [2.45, 2.75) is 30.2 Å². The molecular formula is C10H14ClN3O4. The summed E-state index contributed by atoms with van der Waals surface area (Å²) in [7, 11) is 0. The molecule has 2 rings (SSSR count). The second kappa shape index (κ2) is 4.20. The van der Waals surface area contributed by atoms with E-state index in [2.05, 4.69) is 4.98 Å². The highest BCUT2D eigenvalue weighted by molar-refractivity contribution is 6.23. The van der Waals surface area contributed by atoms with Gasteiger partial charge in [-0.2, -0.15) is 4.98 Å². The van der Waals surface area contributed by atoms with Crippen molar-refractivity contribution < 1.29 is 14.9 Å². The van der Waals surface area contributed by atoms with Gasteiger partial charge in [0.2, 0.25) is 0 Å². The number of hydrogen-bond acceptors (Lipinski definition) is 6. The number of alkyl halides is 1. The summed E-state index contributed by atoms with van der Waals surface area (Å²) >= 11 is 5.98. The Morgan fingerprint density at radius 3 is 2.94 bits per heavy atom. The van der Waals surface area contributed by atoms with Crippen molar-refractivity contribution in [3.05, 3.63) is 22.7 Å². The van der Waals surface area contributed by atoms with Crippen LogP contribution >= 0.6 is 11.6 Å². The first-order valence-corrected chi connectivity index (χ1v) is 5.70. The van der Waals surface area contributed by atoms with E-state index in [1.54, 1.807) is 0 Å². The number of rotatable bonds is 2. The van der Waals surface area contributed by atoms with Gasteiger partial charge in [-0.25, -0.2) is 4.79 Å². The molecule has 0 unspecified atom stereocenters. The van der Waals surface area contributed by atoms with Crippen LogP contribution in [0.15, 0.2) is 17.1 Å². The lowest BCUT2D eigenvalue weighted by atomic mass is 10.00. The predicted molar refractivity (Wildman–Crippen MR) is 63.9 cm³/mol. The minimum absolute atomic E-state index is 0.0143. The summed E-state index contributed by atoms with van der Waals surface area (Å²) in [6, 6.07) is 1.41. The molecule has 4 N–H and O–H groups in total. The number of ether oxygens (including phenoxy) is 1. The molecule has 1 aromatic heterocycles. The summed E-state index contributed by atoms with van der Waals surface area (Å²) in [5.74, 6) is 0.0770. The van der Waals surface area contributed by atoms with E-state index in [0.29, 0.717) is 0 Å². The average Bonchev–Trinajstić information content (AvgIpc) is 2.50. The van der Waals surface area contributed by atoms with Gasteiger partial charge in [0.05, 0.1) is 6.61 Å². The van der Waals surface area contributed by atoms with Crippen LogP contribution in [0.1, 0.15) is 19.6 Å². The van der Waals surface area contributed by atoms with Crippen molar-refractivity contribution in [1.82, 2.24) is 9.55 Å². The summed E-state index contributed by atoms with van der Waals surface area (Å²) in [5, 5.41) is 18.0. The van der Waals surface area contributed by atoms with Crippen molar-refractivity contribution >= 4 is 17.4 Å². The van der Waals surface area contributed by atoms with Crippen molar-refractivity contribution in [1.29, 1.82) is 0 Å². The molecule has 0 saturated carbocycles. The molecule has 0 amide bonds. The molecule has 1 saturated heterocycles. The van der Waals surface area contributed by atoms with Gasteiger partial charge in [-0.05, 0) is 13.0 Å². The standard InChI is InChI=1S/C10H14ClN3O4/c1-9(17)4-10(11,5-15)18-7(9)14-3-2-6(12)13-8(14)16/h2-3,7,15,17H,4-5H2,1H3,(H2,12,13,16)/t7-,9-,10+/m1/s1. The third kappa shape index (κ3) is 2.22. The highest BCUT2D eigenvalue weighted by Crippen LogP contribution is 2.45. The fourth-order valence-electron chi connectivity index (χ4n) is 2.04. The highest BCUT2D eigenvalue weighted by Gasteiger charge is 2.53. The van der Waals surface area contributed by atoms with Crippen LogP contribution in [0, 0.1) is 0 Å². The Morgan fingerprint density at radius 1 is 1.78 bits per heavy atom. The summed E-state index contributed by atoms with van der Waals surface area (Å²) in [6.45, 7) is 0.999. The highest BCUT2D eigenvalue weighted by atomic mass is 35.5. The van der Waals surface area contributed by atoms with E-state index in [4.69, 9.17) is 27.2 Å². The fourth-order valence-corrected chi connectivity index (χ4v) is 2.40. The van der Waals surface area contributed by atoms with Crippen LogP contribution in [0.2, 0.25) is 0 Å². The summed E-state index contributed by atoms with van der Waals surface area (Å²) < 4.78 is 6.46. The second-order valence-corrected chi connectivity index (χ2v) is 5.28. The topological polar surface area (TPSA) is 111 Å². The van der Waals surface area contributed by atoms with Gasteiger partial charge in [-0.15, -0.1) is 0 Å². The first kappa shape index (κ1) is 13.3. The van der Waals surface area contributed by atoms with Gasteiger partial charge in [-0.3, -0.25) is 4.57 Å². The van der Waals surface area contributed by atoms with E-state index in [-0.39, 0.29) is 12.2 Å². The molecular weight excluding hydrogens is 262 g/mol. The lowest BCUT2D eigenvalue weighted by Gasteiger charge is -2.24. The number of aliphatic hydroxyl groups excluding tert-OH is 1. The SMILES string of the molecule is C[C@@]1(O)C[C@@](Cl)(CO)O[C@H]1n1ccc(N)nc1=O. The molecule has 1 fully saturated rings. The van der Waals surface area contributed by atoms with Crippen molar-refractivity contribution in [2.24, 2.45) is 0 Å². The van der Waals surface area contributed by atoms with Gasteiger partial charge < -0.3 is 20.7 Å². The van der Waals surface area contributed by atoms with E-state index in [1.165, 1.54) is 19.2 Å². The number of hydrogen-bond donors (Lipinski definition) is 3. The lowest BCUT2D eigenvalue weighted by molar-refractivity contribution is -0.100. The monoisotopic (exact) mass is 275 g/mol. The maximum Gasteiger partial charge on any atom is 0.351 e. The van der Waals surface area contributed by atoms with Crippen LogP contribution in [0.5, 0.6) is 0 Å². The molecule has 8 heteroatoms. The third-order valence-corrected chi connectivity index (χ3v) is 3.16. The van der Waals surface area contributed by atoms with Gasteiger partial charge in [0.1, 0.15) is 11.4 Å². The molecule has 18 heavy (non-hydrogen) atoms. The van der Waals surface area contributed by atoms with Crippen LogP contribution in [0.3, 0.4) is 0 Å². The van der Waals surface area contributed by atoms with E-state index in [0.717, 1.165) is 4.57 Å². The van der Waals surface area contributed by atoms with Crippen LogP contribution in [0.25, 0.3) is 0 Å². The number of nitrogen functional groups attached to an aromatic ring is 1. The Bertz CT molecular complexity index is 518. The smallest absolute Gasteiger partial charge is 0.351 e. The molecule has 7 nitrogen and oxygen atoms in total. The van der Waals surface area contributed by atoms with Gasteiger partial charge in [-0.1, -0.05) is 11.6 Å². The molecule has 0 aromatic carbocycles. The second-order valence-electron chi connectivity index (χ2n) is 4.59. The number of nitrogens with two attached hydrogens (primary N) is 1. The number of halogens is 1. The zero-order valence-electron chi connectivity index (χ0n) is 9.71. The van der Waals surface area contributed by atoms with E-state index >= 15 is 0 Å². The summed E-state index contributed by atoms with van der Waals surface area (Å²) in [6.07, 6.45) is 0.325. The minimum atomic E-state index is -1.41. The van der Waals surface area contributed by atoms with Gasteiger partial charge >= 0.3 is 5.69 Å². The normalized spacial score (nSPS) is 35.9. The molecule has 0 aliphatic carbocycles. The minimum Gasteiger partial charge on any atom is -0.392 e. The third-order valence-electron chi connectivity index (χ3n) is 2.82. The van der Waals surface area contributed by atoms with Crippen LogP contribution in [-0.2, 0) is 4.74 Å². The molecule has 0 radical (unpaired) electrons. The van der Waals surface area contributed by atoms with E-state index < -0.39 is 29.2 Å². The van der Waals surface area contributed by atoms with Crippen molar-refractivity contribution in [3.63, 3.8) is 0 Å². The first-order chi connectivity index (χ1) is 8.27. The quantitative estimate of drug-likeness (QED) is 0.623. The van der Waals surface area contributed by atoms with Gasteiger partial charge in [0, 0.05) is 12.6 Å². The molecule has 1 aliphatic heterocycles.